The molecule has 9 heteroatoms. The van der Waals surface area contributed by atoms with Crippen LogP contribution in [0.3, 0.4) is 0 Å². The van der Waals surface area contributed by atoms with Gasteiger partial charge in [-0.3, -0.25) is 0 Å². The van der Waals surface area contributed by atoms with Crippen molar-refractivity contribution in [3.05, 3.63) is 18.0 Å². The Kier molecular flexibility index (Phi) is 4.76. The minimum atomic E-state index is -4.64. The van der Waals surface area contributed by atoms with Gasteiger partial charge in [0.15, 0.2) is 0 Å². The van der Waals surface area contributed by atoms with Crippen molar-refractivity contribution < 1.29 is 22.0 Å². The molecule has 0 bridgehead atoms. The predicted molar refractivity (Wildman–Crippen MR) is 54.3 cm³/mol. The van der Waals surface area contributed by atoms with Crippen molar-refractivity contribution in [1.82, 2.24) is 9.97 Å². The molecule has 0 aromatic carbocycles. The van der Waals surface area contributed by atoms with Gasteiger partial charge < -0.3 is 10.6 Å². The molecule has 1 heterocycles. The van der Waals surface area contributed by atoms with Gasteiger partial charge in [-0.1, -0.05) is 0 Å². The first-order chi connectivity index (χ1) is 8.34. The molecular formula is C9H11F5N4. The van der Waals surface area contributed by atoms with Crippen LogP contribution in [0.2, 0.25) is 0 Å². The smallest absolute Gasteiger partial charge is 0.334 e. The summed E-state index contributed by atoms with van der Waals surface area (Å²) in [7, 11) is 0. The van der Waals surface area contributed by atoms with Crippen LogP contribution in [0.5, 0.6) is 0 Å². The van der Waals surface area contributed by atoms with Gasteiger partial charge in [0.1, 0.15) is 5.69 Å². The number of alkyl halides is 5. The monoisotopic (exact) mass is 270 g/mol. The molecule has 102 valence electrons. The second kappa shape index (κ2) is 5.89. The van der Waals surface area contributed by atoms with Gasteiger partial charge in [-0.2, -0.15) is 13.2 Å². The zero-order valence-corrected chi connectivity index (χ0v) is 9.16. The second-order valence-electron chi connectivity index (χ2n) is 3.37. The van der Waals surface area contributed by atoms with E-state index in [1.807, 2.05) is 0 Å². The molecule has 1 aromatic heterocycles. The van der Waals surface area contributed by atoms with Crippen LogP contribution in [-0.4, -0.2) is 36.0 Å². The van der Waals surface area contributed by atoms with Crippen molar-refractivity contribution in [1.29, 1.82) is 0 Å². The lowest BCUT2D eigenvalue weighted by Crippen LogP contribution is -2.35. The van der Waals surface area contributed by atoms with E-state index in [2.05, 4.69) is 9.97 Å². The highest BCUT2D eigenvalue weighted by Gasteiger charge is 2.33. The Hall–Kier alpha value is -1.51. The third-order valence-corrected chi connectivity index (χ3v) is 1.97. The van der Waals surface area contributed by atoms with Crippen molar-refractivity contribution in [3.63, 3.8) is 0 Å². The number of rotatable bonds is 5. The highest BCUT2D eigenvalue weighted by molar-refractivity contribution is 5.31. The van der Waals surface area contributed by atoms with Crippen LogP contribution in [0.4, 0.5) is 27.9 Å². The Morgan fingerprint density at radius 2 is 2.00 bits per heavy atom. The Labute approximate surface area is 99.6 Å². The lowest BCUT2D eigenvalue weighted by molar-refractivity contribution is -0.141. The maximum Gasteiger partial charge on any atom is 0.433 e. The molecule has 1 aromatic rings. The summed E-state index contributed by atoms with van der Waals surface area (Å²) < 4.78 is 61.7. The zero-order valence-electron chi connectivity index (χ0n) is 9.16. The molecule has 18 heavy (non-hydrogen) atoms. The van der Waals surface area contributed by atoms with Crippen molar-refractivity contribution in [2.75, 3.05) is 24.5 Å². The van der Waals surface area contributed by atoms with E-state index in [0.29, 0.717) is 6.07 Å². The summed E-state index contributed by atoms with van der Waals surface area (Å²) in [5.41, 5.74) is 4.02. The first-order valence-electron chi connectivity index (χ1n) is 4.98. The fourth-order valence-corrected chi connectivity index (χ4v) is 1.25. The summed E-state index contributed by atoms with van der Waals surface area (Å²) in [5, 5.41) is 0. The fourth-order valence-electron chi connectivity index (χ4n) is 1.25. The average Bonchev–Trinajstić information content (AvgIpc) is 2.27. The highest BCUT2D eigenvalue weighted by atomic mass is 19.4. The van der Waals surface area contributed by atoms with E-state index in [-0.39, 0.29) is 13.1 Å². The molecule has 1 rings (SSSR count). The van der Waals surface area contributed by atoms with E-state index in [4.69, 9.17) is 5.73 Å². The standard InChI is InChI=1S/C9H11F5N4/c10-7(11)5-18(4-2-15)8-16-3-1-6(17-8)9(12,13)14/h1,3,7H,2,4-5,15H2. The topological polar surface area (TPSA) is 55.0 Å². The van der Waals surface area contributed by atoms with Gasteiger partial charge in [-0.05, 0) is 6.07 Å². The number of hydrogen-bond acceptors (Lipinski definition) is 4. The minimum absolute atomic E-state index is 0.00628. The van der Waals surface area contributed by atoms with Crippen LogP contribution < -0.4 is 10.6 Å². The summed E-state index contributed by atoms with van der Waals surface area (Å²) in [5.74, 6) is -0.407. The van der Waals surface area contributed by atoms with E-state index in [0.717, 1.165) is 11.1 Å². The summed E-state index contributed by atoms with van der Waals surface area (Å²) in [4.78, 5) is 7.68. The molecule has 0 spiro atoms. The third kappa shape index (κ3) is 4.06. The Morgan fingerprint density at radius 3 is 2.50 bits per heavy atom. The van der Waals surface area contributed by atoms with E-state index < -0.39 is 30.8 Å². The minimum Gasteiger partial charge on any atom is -0.334 e. The van der Waals surface area contributed by atoms with Crippen molar-refractivity contribution in [2.24, 2.45) is 5.73 Å². The van der Waals surface area contributed by atoms with Crippen LogP contribution in [-0.2, 0) is 6.18 Å². The summed E-state index contributed by atoms with van der Waals surface area (Å²) in [6, 6.07) is 0.673. The van der Waals surface area contributed by atoms with E-state index >= 15 is 0 Å². The molecule has 0 saturated heterocycles. The van der Waals surface area contributed by atoms with Crippen LogP contribution in [0.1, 0.15) is 5.69 Å². The Balaban J connectivity index is 2.97. The molecule has 4 nitrogen and oxygen atoms in total. The first-order valence-corrected chi connectivity index (χ1v) is 4.98. The molecule has 0 unspecified atom stereocenters. The van der Waals surface area contributed by atoms with Gasteiger partial charge >= 0.3 is 6.18 Å². The van der Waals surface area contributed by atoms with Crippen molar-refractivity contribution in [3.8, 4) is 0 Å². The average molecular weight is 270 g/mol. The number of aromatic nitrogens is 2. The van der Waals surface area contributed by atoms with Gasteiger partial charge in [0.2, 0.25) is 5.95 Å². The molecule has 2 N–H and O–H groups in total. The Morgan fingerprint density at radius 1 is 1.33 bits per heavy atom. The normalized spacial score (nSPS) is 11.9. The molecule has 0 radical (unpaired) electrons. The maximum atomic E-state index is 12.4. The van der Waals surface area contributed by atoms with E-state index in [9.17, 15) is 22.0 Å². The van der Waals surface area contributed by atoms with Crippen LogP contribution in [0.15, 0.2) is 12.3 Å². The molecule has 0 aliphatic rings. The van der Waals surface area contributed by atoms with Gasteiger partial charge in [0.05, 0.1) is 6.54 Å². The molecule has 0 aliphatic carbocycles. The summed E-state index contributed by atoms with van der Waals surface area (Å²) >= 11 is 0. The highest BCUT2D eigenvalue weighted by Crippen LogP contribution is 2.28. The number of hydrogen-bond donors (Lipinski definition) is 1. The molecule has 0 amide bonds. The number of nitrogens with two attached hydrogens (primary N) is 1. The molecular weight excluding hydrogens is 259 g/mol. The fraction of sp³-hybridized carbons (Fsp3) is 0.556. The molecule has 0 fully saturated rings. The van der Waals surface area contributed by atoms with Crippen LogP contribution >= 0.6 is 0 Å². The number of nitrogens with zero attached hydrogens (tertiary/aromatic N) is 3. The van der Waals surface area contributed by atoms with Gasteiger partial charge in [-0.25, -0.2) is 18.7 Å². The summed E-state index contributed by atoms with van der Waals surface area (Å²) in [6.45, 7) is -0.809. The lowest BCUT2D eigenvalue weighted by atomic mass is 10.4. The van der Waals surface area contributed by atoms with Crippen LogP contribution in [0.25, 0.3) is 0 Å². The van der Waals surface area contributed by atoms with Crippen molar-refractivity contribution >= 4 is 5.95 Å². The van der Waals surface area contributed by atoms with E-state index in [1.54, 1.807) is 0 Å². The Bertz CT molecular complexity index is 381. The maximum absolute atomic E-state index is 12.4. The van der Waals surface area contributed by atoms with Gasteiger partial charge in [0, 0.05) is 19.3 Å². The van der Waals surface area contributed by atoms with Crippen molar-refractivity contribution in [2.45, 2.75) is 12.6 Å². The van der Waals surface area contributed by atoms with Gasteiger partial charge in [-0.15, -0.1) is 0 Å². The third-order valence-electron chi connectivity index (χ3n) is 1.97. The number of anilines is 1. The largest absolute Gasteiger partial charge is 0.433 e. The van der Waals surface area contributed by atoms with Gasteiger partial charge in [0.25, 0.3) is 6.43 Å². The predicted octanol–water partition coefficient (Wildman–Crippen LogP) is 1.53. The zero-order chi connectivity index (χ0) is 13.8. The molecule has 0 aliphatic heterocycles. The molecule has 0 atom stereocenters. The molecule has 0 saturated carbocycles. The summed E-state index contributed by atoms with van der Waals surface area (Å²) in [6.07, 6.45) is -6.48. The lowest BCUT2D eigenvalue weighted by Gasteiger charge is -2.21. The second-order valence-corrected chi connectivity index (χ2v) is 3.37. The first kappa shape index (κ1) is 14.6. The number of halogens is 5. The van der Waals surface area contributed by atoms with Crippen LogP contribution in [0, 0.1) is 0 Å². The SMILES string of the molecule is NCCN(CC(F)F)c1nccc(C(F)(F)F)n1. The quantitative estimate of drug-likeness (QED) is 0.824. The van der Waals surface area contributed by atoms with E-state index in [1.165, 1.54) is 0 Å².